The van der Waals surface area contributed by atoms with Gasteiger partial charge in [-0.2, -0.15) is 0 Å². The number of rotatable bonds is 8. The summed E-state index contributed by atoms with van der Waals surface area (Å²) in [5.41, 5.74) is -0.0709. The van der Waals surface area contributed by atoms with Gasteiger partial charge in [-0.05, 0) is 36.4 Å². The third kappa shape index (κ3) is 4.89. The van der Waals surface area contributed by atoms with Crippen LogP contribution in [0.3, 0.4) is 0 Å². The number of nitro benzene ring substituents is 2. The highest BCUT2D eigenvalue weighted by Gasteiger charge is 2.31. The van der Waals surface area contributed by atoms with Gasteiger partial charge in [0.1, 0.15) is 16.5 Å². The number of hydrogen-bond acceptors (Lipinski definition) is 9. The summed E-state index contributed by atoms with van der Waals surface area (Å²) in [6, 6.07) is 11.7. The van der Waals surface area contributed by atoms with Crippen LogP contribution >= 0.6 is 11.6 Å². The Balaban J connectivity index is 1.88. The van der Waals surface area contributed by atoms with E-state index in [2.05, 4.69) is 0 Å². The maximum atomic E-state index is 13.8. The predicted octanol–water partition coefficient (Wildman–Crippen LogP) is 4.43. The molecule has 3 aromatic carbocycles. The zero-order valence-electron chi connectivity index (χ0n) is 18.6. The molecule has 0 atom stereocenters. The van der Waals surface area contributed by atoms with Crippen LogP contribution in [0.5, 0.6) is 11.5 Å². The molecule has 0 unspecified atom stereocenters. The number of non-ortho nitro benzene ring substituents is 1. The first-order valence-electron chi connectivity index (χ1n) is 10.2. The molecule has 36 heavy (non-hydrogen) atoms. The number of fused-ring (bicyclic) bond motifs is 1. The van der Waals surface area contributed by atoms with Gasteiger partial charge in [-0.15, -0.1) is 0 Å². The number of nitrogens with zero attached hydrogens (tertiary/aromatic N) is 3. The molecular weight excluding hydrogens is 518 g/mol. The van der Waals surface area contributed by atoms with Crippen LogP contribution < -0.4 is 13.8 Å². The van der Waals surface area contributed by atoms with Crippen LogP contribution in [0, 0.1) is 20.2 Å². The number of nitro groups is 2. The molecule has 188 valence electrons. The summed E-state index contributed by atoms with van der Waals surface area (Å²) in [6.45, 7) is -0.450. The molecule has 0 spiro atoms. The average molecular weight is 536 g/mol. The van der Waals surface area contributed by atoms with Crippen molar-refractivity contribution < 1.29 is 32.5 Å². The minimum Gasteiger partial charge on any atom is -0.497 e. The van der Waals surface area contributed by atoms with Gasteiger partial charge in [-0.3, -0.25) is 24.5 Å². The van der Waals surface area contributed by atoms with E-state index < -0.39 is 30.5 Å². The number of sulfonamides is 1. The van der Waals surface area contributed by atoms with E-state index in [0.717, 1.165) is 22.5 Å². The second kappa shape index (κ2) is 9.97. The molecule has 0 bridgehead atoms. The smallest absolute Gasteiger partial charge is 0.289 e. The first-order valence-corrected chi connectivity index (χ1v) is 12.0. The van der Waals surface area contributed by atoms with Gasteiger partial charge in [0.2, 0.25) is 0 Å². The lowest BCUT2D eigenvalue weighted by atomic mass is 10.1. The van der Waals surface area contributed by atoms with Crippen molar-refractivity contribution in [2.45, 2.75) is 18.0 Å². The Morgan fingerprint density at radius 1 is 1.06 bits per heavy atom. The highest BCUT2D eigenvalue weighted by atomic mass is 35.5. The normalized spacial score (nSPS) is 12.8. The molecule has 0 saturated heterocycles. The van der Waals surface area contributed by atoms with Gasteiger partial charge < -0.3 is 14.2 Å². The van der Waals surface area contributed by atoms with E-state index in [1.54, 1.807) is 0 Å². The fraction of sp³-hybridized carbons (Fsp3) is 0.182. The maximum absolute atomic E-state index is 13.8. The molecule has 0 amide bonds. The van der Waals surface area contributed by atoms with Gasteiger partial charge in [-0.25, -0.2) is 8.42 Å². The summed E-state index contributed by atoms with van der Waals surface area (Å²) in [5, 5.41) is 22.7. The van der Waals surface area contributed by atoms with Crippen molar-refractivity contribution in [3.8, 4) is 11.5 Å². The highest BCUT2D eigenvalue weighted by molar-refractivity contribution is 7.92. The number of hydrogen-bond donors (Lipinski definition) is 0. The lowest BCUT2D eigenvalue weighted by Crippen LogP contribution is -2.31. The lowest BCUT2D eigenvalue weighted by Gasteiger charge is -2.27. The van der Waals surface area contributed by atoms with E-state index in [1.807, 2.05) is 0 Å². The van der Waals surface area contributed by atoms with Gasteiger partial charge in [-0.1, -0.05) is 11.6 Å². The number of methoxy groups -OCH3 is 1. The van der Waals surface area contributed by atoms with Crippen LogP contribution in [0.15, 0.2) is 59.5 Å². The molecule has 0 aromatic heterocycles. The van der Waals surface area contributed by atoms with Crippen LogP contribution in [-0.4, -0.2) is 32.2 Å². The molecule has 1 heterocycles. The minimum atomic E-state index is -4.43. The van der Waals surface area contributed by atoms with Crippen molar-refractivity contribution in [2.75, 3.05) is 18.2 Å². The quantitative estimate of drug-likeness (QED) is 0.301. The van der Waals surface area contributed by atoms with Gasteiger partial charge in [0, 0.05) is 29.3 Å². The Bertz CT molecular complexity index is 1450. The number of anilines is 1. The SMILES string of the molecule is COc1ccc(N(Cc2cc([N+](=O)[O-])cc3c2OCOC3)S(=O)(=O)c2ccc(Cl)c([N+](=O)[O-])c2)cc1. The molecule has 0 saturated carbocycles. The molecule has 14 heteroatoms. The second-order valence-corrected chi connectivity index (χ2v) is 9.81. The first kappa shape index (κ1) is 25.2. The van der Waals surface area contributed by atoms with Gasteiger partial charge in [0.15, 0.2) is 6.79 Å². The summed E-state index contributed by atoms with van der Waals surface area (Å²) in [7, 11) is -2.98. The minimum absolute atomic E-state index is 0.0443. The van der Waals surface area contributed by atoms with E-state index in [9.17, 15) is 28.6 Å². The van der Waals surface area contributed by atoms with Crippen LogP contribution in [0.4, 0.5) is 17.1 Å². The van der Waals surface area contributed by atoms with Crippen molar-refractivity contribution in [3.63, 3.8) is 0 Å². The maximum Gasteiger partial charge on any atom is 0.289 e. The number of benzene rings is 3. The molecule has 1 aliphatic heterocycles. The molecule has 1 aliphatic rings. The van der Waals surface area contributed by atoms with Crippen molar-refractivity contribution in [2.24, 2.45) is 0 Å². The Morgan fingerprint density at radius 2 is 1.78 bits per heavy atom. The Hall–Kier alpha value is -3.94. The topological polar surface area (TPSA) is 151 Å². The number of halogens is 1. The van der Waals surface area contributed by atoms with E-state index in [-0.39, 0.29) is 47.7 Å². The summed E-state index contributed by atoms with van der Waals surface area (Å²) in [5.74, 6) is 0.731. The van der Waals surface area contributed by atoms with E-state index in [0.29, 0.717) is 11.3 Å². The second-order valence-electron chi connectivity index (χ2n) is 7.54. The fourth-order valence-corrected chi connectivity index (χ4v) is 5.29. The molecule has 0 fully saturated rings. The van der Waals surface area contributed by atoms with E-state index >= 15 is 0 Å². The molecule has 0 aliphatic carbocycles. The van der Waals surface area contributed by atoms with Crippen molar-refractivity contribution in [1.29, 1.82) is 0 Å². The van der Waals surface area contributed by atoms with Crippen LogP contribution in [-0.2, 0) is 27.9 Å². The predicted molar refractivity (Wildman–Crippen MR) is 128 cm³/mol. The molecule has 3 aromatic rings. The summed E-state index contributed by atoms with van der Waals surface area (Å²) >= 11 is 5.87. The Labute approximate surface area is 209 Å². The average Bonchev–Trinajstić information content (AvgIpc) is 2.86. The van der Waals surface area contributed by atoms with Crippen molar-refractivity contribution in [1.82, 2.24) is 0 Å². The molecule has 0 N–H and O–H groups in total. The van der Waals surface area contributed by atoms with Crippen LogP contribution in [0.1, 0.15) is 11.1 Å². The summed E-state index contributed by atoms with van der Waals surface area (Å²) in [6.07, 6.45) is 0. The standard InChI is InChI=1S/C22H18ClN3O9S/c1-33-18-4-2-16(3-5-18)24(36(31,32)19-6-7-20(23)21(10-19)26(29)30)11-14-8-17(25(27)28)9-15-12-34-13-35-22(14)15/h2-10H,11-13H2,1H3. The van der Waals surface area contributed by atoms with Crippen molar-refractivity contribution >= 4 is 38.7 Å². The number of ether oxygens (including phenoxy) is 3. The summed E-state index contributed by atoms with van der Waals surface area (Å²) in [4.78, 5) is 21.1. The Morgan fingerprint density at radius 3 is 2.42 bits per heavy atom. The third-order valence-corrected chi connectivity index (χ3v) is 7.45. The Kier molecular flexibility index (Phi) is 6.97. The van der Waals surface area contributed by atoms with Crippen LogP contribution in [0.25, 0.3) is 0 Å². The largest absolute Gasteiger partial charge is 0.497 e. The van der Waals surface area contributed by atoms with Gasteiger partial charge in [0.25, 0.3) is 21.4 Å². The van der Waals surface area contributed by atoms with Crippen molar-refractivity contribution in [3.05, 3.63) is 91.0 Å². The van der Waals surface area contributed by atoms with E-state index in [4.69, 9.17) is 25.8 Å². The van der Waals surface area contributed by atoms with Crippen LogP contribution in [0.2, 0.25) is 5.02 Å². The monoisotopic (exact) mass is 535 g/mol. The zero-order chi connectivity index (χ0) is 26.0. The molecule has 4 rings (SSSR count). The lowest BCUT2D eigenvalue weighted by molar-refractivity contribution is -0.385. The third-order valence-electron chi connectivity index (χ3n) is 5.36. The van der Waals surface area contributed by atoms with E-state index in [1.165, 1.54) is 43.5 Å². The highest BCUT2D eigenvalue weighted by Crippen LogP contribution is 2.37. The van der Waals surface area contributed by atoms with Gasteiger partial charge >= 0.3 is 0 Å². The van der Waals surface area contributed by atoms with Gasteiger partial charge in [0.05, 0.1) is 40.7 Å². The summed E-state index contributed by atoms with van der Waals surface area (Å²) < 4.78 is 44.5. The molecule has 12 nitrogen and oxygen atoms in total. The first-order chi connectivity index (χ1) is 17.1. The fourth-order valence-electron chi connectivity index (χ4n) is 3.64. The molecular formula is C22H18ClN3O9S. The zero-order valence-corrected chi connectivity index (χ0v) is 20.2. The molecule has 0 radical (unpaired) electrons.